The van der Waals surface area contributed by atoms with Crippen LogP contribution in [0.3, 0.4) is 0 Å². The fraction of sp³-hybridized carbons (Fsp3) is 0.333. The Morgan fingerprint density at radius 3 is 2.53 bits per heavy atom. The average molecular weight is 237 g/mol. The van der Waals surface area contributed by atoms with Crippen molar-refractivity contribution >= 4 is 11.9 Å². The van der Waals surface area contributed by atoms with Crippen LogP contribution < -0.4 is 5.48 Å². The van der Waals surface area contributed by atoms with Crippen molar-refractivity contribution in [2.24, 2.45) is 0 Å². The molecule has 0 aliphatic heterocycles. The largest absolute Gasteiger partial charge is 0.478 e. The first-order chi connectivity index (χ1) is 8.16. The van der Waals surface area contributed by atoms with Crippen molar-refractivity contribution < 1.29 is 19.5 Å². The summed E-state index contributed by atoms with van der Waals surface area (Å²) in [4.78, 5) is 27.4. The zero-order valence-corrected chi connectivity index (χ0v) is 9.60. The van der Waals surface area contributed by atoms with Gasteiger partial charge in [0, 0.05) is 0 Å². The molecular formula is C12H15NO4. The third-order valence-electron chi connectivity index (χ3n) is 2.17. The van der Waals surface area contributed by atoms with E-state index >= 15 is 0 Å². The number of unbranched alkanes of at least 4 members (excludes halogenated alkanes) is 1. The SMILES string of the molecule is CCCCONC(=O)c1ccccc1C(=O)O. The van der Waals surface area contributed by atoms with E-state index in [4.69, 9.17) is 9.94 Å². The molecule has 1 aromatic rings. The predicted molar refractivity (Wildman–Crippen MR) is 61.7 cm³/mol. The highest BCUT2D eigenvalue weighted by molar-refractivity contribution is 6.04. The topological polar surface area (TPSA) is 75.6 Å². The Bertz CT molecular complexity index is 403. The molecule has 5 heteroatoms. The summed E-state index contributed by atoms with van der Waals surface area (Å²) in [6, 6.07) is 6.00. The van der Waals surface area contributed by atoms with E-state index < -0.39 is 11.9 Å². The smallest absolute Gasteiger partial charge is 0.336 e. The van der Waals surface area contributed by atoms with Crippen LogP contribution in [0.5, 0.6) is 0 Å². The van der Waals surface area contributed by atoms with Gasteiger partial charge in [0.25, 0.3) is 5.91 Å². The number of carboxylic acids is 1. The third kappa shape index (κ3) is 3.88. The number of hydrogen-bond donors (Lipinski definition) is 2. The number of rotatable bonds is 6. The minimum atomic E-state index is -1.13. The highest BCUT2D eigenvalue weighted by atomic mass is 16.6. The van der Waals surface area contributed by atoms with Crippen molar-refractivity contribution in [3.05, 3.63) is 35.4 Å². The Kier molecular flexibility index (Phi) is 5.16. The van der Waals surface area contributed by atoms with Crippen LogP contribution >= 0.6 is 0 Å². The van der Waals surface area contributed by atoms with Crippen LogP contribution in [0.1, 0.15) is 40.5 Å². The molecule has 0 aliphatic carbocycles. The number of carboxylic acid groups (broad SMARTS) is 1. The third-order valence-corrected chi connectivity index (χ3v) is 2.17. The Morgan fingerprint density at radius 1 is 1.29 bits per heavy atom. The molecule has 92 valence electrons. The average Bonchev–Trinajstić information content (AvgIpc) is 2.34. The lowest BCUT2D eigenvalue weighted by Crippen LogP contribution is -2.26. The van der Waals surface area contributed by atoms with Crippen LogP contribution in [0, 0.1) is 0 Å². The molecular weight excluding hydrogens is 222 g/mol. The predicted octanol–water partition coefficient (Wildman–Crippen LogP) is 1.85. The summed E-state index contributed by atoms with van der Waals surface area (Å²) in [5.74, 6) is -1.68. The van der Waals surface area contributed by atoms with Gasteiger partial charge in [-0.15, -0.1) is 0 Å². The molecule has 0 atom stereocenters. The van der Waals surface area contributed by atoms with Crippen LogP contribution in [-0.4, -0.2) is 23.6 Å². The Hall–Kier alpha value is -1.88. The number of aromatic carboxylic acids is 1. The molecule has 0 aromatic heterocycles. The van der Waals surface area contributed by atoms with Gasteiger partial charge in [0.2, 0.25) is 0 Å². The van der Waals surface area contributed by atoms with Gasteiger partial charge in [0.15, 0.2) is 0 Å². The molecule has 0 spiro atoms. The van der Waals surface area contributed by atoms with E-state index in [0.29, 0.717) is 6.61 Å². The fourth-order valence-electron chi connectivity index (χ4n) is 1.26. The van der Waals surface area contributed by atoms with E-state index in [9.17, 15) is 9.59 Å². The van der Waals surface area contributed by atoms with E-state index in [1.54, 1.807) is 12.1 Å². The van der Waals surface area contributed by atoms with Gasteiger partial charge in [0.05, 0.1) is 17.7 Å². The van der Waals surface area contributed by atoms with Crippen molar-refractivity contribution in [2.45, 2.75) is 19.8 Å². The summed E-state index contributed by atoms with van der Waals surface area (Å²) in [5.41, 5.74) is 2.28. The number of nitrogens with one attached hydrogen (secondary N) is 1. The summed E-state index contributed by atoms with van der Waals surface area (Å²) in [7, 11) is 0. The molecule has 17 heavy (non-hydrogen) atoms. The van der Waals surface area contributed by atoms with Crippen LogP contribution in [0.2, 0.25) is 0 Å². The van der Waals surface area contributed by atoms with Gasteiger partial charge in [-0.25, -0.2) is 10.3 Å². The first-order valence-electron chi connectivity index (χ1n) is 5.41. The zero-order valence-electron chi connectivity index (χ0n) is 9.60. The number of hydrogen-bond acceptors (Lipinski definition) is 3. The molecule has 2 N–H and O–H groups in total. The van der Waals surface area contributed by atoms with Gasteiger partial charge in [-0.1, -0.05) is 25.5 Å². The second-order valence-corrected chi connectivity index (χ2v) is 3.48. The number of carbonyl (C=O) groups is 2. The summed E-state index contributed by atoms with van der Waals surface area (Å²) in [5, 5.41) is 8.90. The molecule has 0 fully saturated rings. The maximum Gasteiger partial charge on any atom is 0.336 e. The summed E-state index contributed by atoms with van der Waals surface area (Å²) in [6.07, 6.45) is 1.79. The molecule has 0 radical (unpaired) electrons. The molecule has 0 saturated heterocycles. The maximum atomic E-state index is 11.6. The first-order valence-corrected chi connectivity index (χ1v) is 5.41. The Balaban J connectivity index is 2.65. The van der Waals surface area contributed by atoms with Gasteiger partial charge >= 0.3 is 5.97 Å². The summed E-state index contributed by atoms with van der Waals surface area (Å²) in [6.45, 7) is 2.42. The van der Waals surface area contributed by atoms with Crippen LogP contribution in [-0.2, 0) is 4.84 Å². The zero-order chi connectivity index (χ0) is 12.7. The Labute approximate surface area is 99.4 Å². The lowest BCUT2D eigenvalue weighted by Gasteiger charge is -2.07. The number of hydroxylamine groups is 1. The van der Waals surface area contributed by atoms with Crippen LogP contribution in [0.25, 0.3) is 0 Å². The summed E-state index contributed by atoms with van der Waals surface area (Å²) >= 11 is 0. The van der Waals surface area contributed by atoms with E-state index in [2.05, 4.69) is 5.48 Å². The van der Waals surface area contributed by atoms with Gasteiger partial charge in [-0.2, -0.15) is 0 Å². The van der Waals surface area contributed by atoms with E-state index in [0.717, 1.165) is 12.8 Å². The molecule has 1 aromatic carbocycles. The van der Waals surface area contributed by atoms with E-state index in [1.165, 1.54) is 12.1 Å². The fourth-order valence-corrected chi connectivity index (χ4v) is 1.26. The van der Waals surface area contributed by atoms with Crippen molar-refractivity contribution in [2.75, 3.05) is 6.61 Å². The molecule has 0 bridgehead atoms. The van der Waals surface area contributed by atoms with Crippen molar-refractivity contribution in [1.29, 1.82) is 0 Å². The number of carbonyl (C=O) groups excluding carboxylic acids is 1. The molecule has 0 aliphatic rings. The van der Waals surface area contributed by atoms with Gasteiger partial charge in [0.1, 0.15) is 0 Å². The summed E-state index contributed by atoms with van der Waals surface area (Å²) < 4.78 is 0. The highest BCUT2D eigenvalue weighted by Crippen LogP contribution is 2.08. The standard InChI is InChI=1S/C12H15NO4/c1-2-3-8-17-13-11(14)9-6-4-5-7-10(9)12(15)16/h4-7H,2-3,8H2,1H3,(H,13,14)(H,15,16). The van der Waals surface area contributed by atoms with Crippen LogP contribution in [0.15, 0.2) is 24.3 Å². The second-order valence-electron chi connectivity index (χ2n) is 3.48. The van der Waals surface area contributed by atoms with Crippen molar-refractivity contribution in [1.82, 2.24) is 5.48 Å². The number of benzene rings is 1. The molecule has 1 amide bonds. The van der Waals surface area contributed by atoms with Gasteiger partial charge < -0.3 is 5.11 Å². The Morgan fingerprint density at radius 2 is 1.94 bits per heavy atom. The molecule has 0 unspecified atom stereocenters. The molecule has 5 nitrogen and oxygen atoms in total. The quantitative estimate of drug-likeness (QED) is 0.584. The molecule has 0 heterocycles. The van der Waals surface area contributed by atoms with E-state index in [-0.39, 0.29) is 11.1 Å². The molecule has 0 saturated carbocycles. The van der Waals surface area contributed by atoms with Crippen LogP contribution in [0.4, 0.5) is 0 Å². The van der Waals surface area contributed by atoms with Gasteiger partial charge in [-0.05, 0) is 18.6 Å². The van der Waals surface area contributed by atoms with Crippen molar-refractivity contribution in [3.63, 3.8) is 0 Å². The van der Waals surface area contributed by atoms with Crippen molar-refractivity contribution in [3.8, 4) is 0 Å². The molecule has 1 rings (SSSR count). The normalized spacial score (nSPS) is 9.94. The minimum Gasteiger partial charge on any atom is -0.478 e. The monoisotopic (exact) mass is 237 g/mol. The first kappa shape index (κ1) is 13.2. The van der Waals surface area contributed by atoms with E-state index in [1.807, 2.05) is 6.92 Å². The highest BCUT2D eigenvalue weighted by Gasteiger charge is 2.15. The number of amides is 1. The lowest BCUT2D eigenvalue weighted by molar-refractivity contribution is 0.0299. The lowest BCUT2D eigenvalue weighted by atomic mass is 10.1. The maximum absolute atomic E-state index is 11.6. The minimum absolute atomic E-state index is 0.0379. The van der Waals surface area contributed by atoms with Gasteiger partial charge in [-0.3, -0.25) is 9.63 Å². The second kappa shape index (κ2) is 6.65.